The molecule has 0 bridgehead atoms. The van der Waals surface area contributed by atoms with Gasteiger partial charge < -0.3 is 10.6 Å². The summed E-state index contributed by atoms with van der Waals surface area (Å²) >= 11 is 3.63. The number of hydrogen-bond donors (Lipinski definition) is 1. The largest absolute Gasteiger partial charge is 0.349 e. The minimum atomic E-state index is 0.399. The van der Waals surface area contributed by atoms with Crippen LogP contribution in [-0.2, 0) is 0 Å². The van der Waals surface area contributed by atoms with Crippen molar-refractivity contribution in [2.24, 2.45) is 5.73 Å². The third-order valence-electron chi connectivity index (χ3n) is 4.28. The molecule has 1 aliphatic heterocycles. The van der Waals surface area contributed by atoms with E-state index >= 15 is 0 Å². The predicted molar refractivity (Wildman–Crippen MR) is 88.1 cm³/mol. The van der Waals surface area contributed by atoms with Crippen LogP contribution in [0.3, 0.4) is 0 Å². The van der Waals surface area contributed by atoms with Crippen molar-refractivity contribution in [2.75, 3.05) is 11.4 Å². The molecule has 2 N–H and O–H groups in total. The Kier molecular flexibility index (Phi) is 3.94. The van der Waals surface area contributed by atoms with Crippen molar-refractivity contribution in [2.45, 2.75) is 38.3 Å². The number of nitrogens with zero attached hydrogens (tertiary/aromatic N) is 2. The van der Waals surface area contributed by atoms with E-state index < -0.39 is 0 Å². The molecule has 1 aromatic heterocycles. The van der Waals surface area contributed by atoms with Crippen molar-refractivity contribution in [3.05, 3.63) is 34.9 Å². The summed E-state index contributed by atoms with van der Waals surface area (Å²) in [6.07, 6.45) is 5.53. The average Bonchev–Trinajstić information content (AvgIpc) is 2.47. The Morgan fingerprint density at radius 3 is 2.95 bits per heavy atom. The number of pyridine rings is 1. The van der Waals surface area contributed by atoms with E-state index in [1.54, 1.807) is 0 Å². The Hall–Kier alpha value is -1.13. The molecule has 3 nitrogen and oxygen atoms in total. The summed E-state index contributed by atoms with van der Waals surface area (Å²) in [5.74, 6) is 1.08. The molecule has 0 aliphatic carbocycles. The summed E-state index contributed by atoms with van der Waals surface area (Å²) in [5, 5.41) is 2.42. The zero-order valence-corrected chi connectivity index (χ0v) is 13.3. The van der Waals surface area contributed by atoms with Gasteiger partial charge in [-0.05, 0) is 38.3 Å². The Morgan fingerprint density at radius 2 is 2.15 bits per heavy atom. The molecule has 2 aromatic rings. The molecule has 1 saturated heterocycles. The summed E-state index contributed by atoms with van der Waals surface area (Å²) in [4.78, 5) is 7.10. The van der Waals surface area contributed by atoms with E-state index in [2.05, 4.69) is 57.0 Å². The Morgan fingerprint density at radius 1 is 1.30 bits per heavy atom. The second-order valence-electron chi connectivity index (χ2n) is 5.55. The van der Waals surface area contributed by atoms with E-state index in [0.29, 0.717) is 18.6 Å². The van der Waals surface area contributed by atoms with E-state index in [0.717, 1.165) is 16.7 Å². The molecule has 1 aromatic carbocycles. The summed E-state index contributed by atoms with van der Waals surface area (Å²) < 4.78 is 1.12. The van der Waals surface area contributed by atoms with E-state index in [4.69, 9.17) is 5.73 Å². The first-order valence-electron chi connectivity index (χ1n) is 7.24. The van der Waals surface area contributed by atoms with Gasteiger partial charge in [-0.2, -0.15) is 0 Å². The van der Waals surface area contributed by atoms with Crippen LogP contribution in [0.2, 0.25) is 0 Å². The molecular formula is C16H20BrN3. The van der Waals surface area contributed by atoms with Gasteiger partial charge >= 0.3 is 0 Å². The number of piperidine rings is 1. The van der Waals surface area contributed by atoms with E-state index in [1.165, 1.54) is 23.6 Å². The predicted octanol–water partition coefficient (Wildman–Crippen LogP) is 3.70. The van der Waals surface area contributed by atoms with Crippen LogP contribution in [0.4, 0.5) is 5.82 Å². The number of aromatic nitrogens is 1. The quantitative estimate of drug-likeness (QED) is 0.910. The highest BCUT2D eigenvalue weighted by atomic mass is 79.9. The van der Waals surface area contributed by atoms with E-state index in [9.17, 15) is 0 Å². The van der Waals surface area contributed by atoms with Crippen LogP contribution >= 0.6 is 15.9 Å². The van der Waals surface area contributed by atoms with Gasteiger partial charge in [-0.3, -0.25) is 0 Å². The third-order valence-corrected chi connectivity index (χ3v) is 4.97. The smallest absolute Gasteiger partial charge is 0.136 e. The molecule has 2 atom stereocenters. The lowest BCUT2D eigenvalue weighted by molar-refractivity contribution is 0.399. The Labute approximate surface area is 128 Å². The van der Waals surface area contributed by atoms with Crippen LogP contribution < -0.4 is 10.6 Å². The lowest BCUT2D eigenvalue weighted by atomic mass is 9.95. The molecule has 0 amide bonds. The zero-order valence-electron chi connectivity index (χ0n) is 11.7. The topological polar surface area (TPSA) is 42.1 Å². The molecule has 0 saturated carbocycles. The van der Waals surface area contributed by atoms with Gasteiger partial charge in [0.25, 0.3) is 0 Å². The number of nitrogens with two attached hydrogens (primary N) is 1. The highest BCUT2D eigenvalue weighted by Gasteiger charge is 2.29. The number of halogens is 1. The minimum absolute atomic E-state index is 0.399. The molecule has 1 aliphatic rings. The van der Waals surface area contributed by atoms with E-state index in [1.807, 2.05) is 6.20 Å². The van der Waals surface area contributed by atoms with Crippen molar-refractivity contribution in [1.82, 2.24) is 4.98 Å². The second-order valence-corrected chi connectivity index (χ2v) is 6.40. The minimum Gasteiger partial charge on any atom is -0.349 e. The normalized spacial score (nSPS) is 23.2. The Bertz CT molecular complexity index is 614. The fourth-order valence-corrected chi connectivity index (χ4v) is 3.76. The SMILES string of the molecule is CC1CCCC(CN)N1c1nccc2c(Br)cccc12. The van der Waals surface area contributed by atoms with Crippen molar-refractivity contribution in [3.8, 4) is 0 Å². The second kappa shape index (κ2) is 5.70. The van der Waals surface area contributed by atoms with Crippen LogP contribution in [0.25, 0.3) is 10.8 Å². The van der Waals surface area contributed by atoms with Crippen molar-refractivity contribution < 1.29 is 0 Å². The fourth-order valence-electron chi connectivity index (χ4n) is 3.26. The van der Waals surface area contributed by atoms with Gasteiger partial charge in [-0.15, -0.1) is 0 Å². The molecule has 1 fully saturated rings. The summed E-state index contributed by atoms with van der Waals surface area (Å²) in [6.45, 7) is 2.97. The molecule has 2 unspecified atom stereocenters. The summed E-state index contributed by atoms with van der Waals surface area (Å²) in [5.41, 5.74) is 5.99. The number of rotatable bonds is 2. The maximum Gasteiger partial charge on any atom is 0.136 e. The number of fused-ring (bicyclic) bond motifs is 1. The lowest BCUT2D eigenvalue weighted by Gasteiger charge is -2.41. The zero-order chi connectivity index (χ0) is 14.1. The molecule has 4 heteroatoms. The van der Waals surface area contributed by atoms with Crippen LogP contribution in [0, 0.1) is 0 Å². The number of anilines is 1. The van der Waals surface area contributed by atoms with Crippen LogP contribution in [0.5, 0.6) is 0 Å². The molecule has 106 valence electrons. The van der Waals surface area contributed by atoms with Crippen molar-refractivity contribution in [1.29, 1.82) is 0 Å². The third kappa shape index (κ3) is 2.31. The van der Waals surface area contributed by atoms with Gasteiger partial charge in [0.15, 0.2) is 0 Å². The maximum atomic E-state index is 5.99. The van der Waals surface area contributed by atoms with Crippen LogP contribution in [-0.4, -0.2) is 23.6 Å². The summed E-state index contributed by atoms with van der Waals surface area (Å²) in [7, 11) is 0. The number of hydrogen-bond acceptors (Lipinski definition) is 3. The molecular weight excluding hydrogens is 314 g/mol. The fraction of sp³-hybridized carbons (Fsp3) is 0.438. The van der Waals surface area contributed by atoms with Gasteiger partial charge in [-0.1, -0.05) is 28.1 Å². The van der Waals surface area contributed by atoms with Crippen molar-refractivity contribution >= 4 is 32.5 Å². The molecule has 20 heavy (non-hydrogen) atoms. The lowest BCUT2D eigenvalue weighted by Crippen LogP contribution is -2.49. The van der Waals surface area contributed by atoms with E-state index in [-0.39, 0.29) is 0 Å². The molecule has 3 rings (SSSR count). The van der Waals surface area contributed by atoms with Gasteiger partial charge in [0.1, 0.15) is 5.82 Å². The summed E-state index contributed by atoms with van der Waals surface area (Å²) in [6, 6.07) is 9.26. The van der Waals surface area contributed by atoms with Gasteiger partial charge in [0.05, 0.1) is 0 Å². The maximum absolute atomic E-state index is 5.99. The first-order valence-corrected chi connectivity index (χ1v) is 8.03. The standard InChI is InChI=1S/C16H20BrN3/c1-11-4-2-5-12(10-18)20(11)16-14-6-3-7-15(17)13(14)8-9-19-16/h3,6-9,11-12H,2,4-5,10,18H2,1H3. The first kappa shape index (κ1) is 13.8. The monoisotopic (exact) mass is 333 g/mol. The number of benzene rings is 1. The molecule has 0 spiro atoms. The molecule has 0 radical (unpaired) electrons. The highest BCUT2D eigenvalue weighted by Crippen LogP contribution is 2.34. The molecule has 2 heterocycles. The van der Waals surface area contributed by atoms with Crippen LogP contribution in [0.1, 0.15) is 26.2 Å². The van der Waals surface area contributed by atoms with Crippen molar-refractivity contribution in [3.63, 3.8) is 0 Å². The Balaban J connectivity index is 2.15. The first-order chi connectivity index (χ1) is 9.72. The highest BCUT2D eigenvalue weighted by molar-refractivity contribution is 9.10. The van der Waals surface area contributed by atoms with Gasteiger partial charge in [-0.25, -0.2) is 4.98 Å². The van der Waals surface area contributed by atoms with Gasteiger partial charge in [0.2, 0.25) is 0 Å². The van der Waals surface area contributed by atoms with Crippen LogP contribution in [0.15, 0.2) is 34.9 Å². The average molecular weight is 334 g/mol. The van der Waals surface area contributed by atoms with Gasteiger partial charge in [0, 0.05) is 40.1 Å².